The van der Waals surface area contributed by atoms with Crippen LogP contribution in [0, 0.1) is 5.41 Å². The zero-order valence-corrected chi connectivity index (χ0v) is 3.78. The molecule has 0 spiro atoms. The number of hydrogen-bond donors (Lipinski definition) is 2. The van der Waals surface area contributed by atoms with Gasteiger partial charge in [0.2, 0.25) is 0 Å². The summed E-state index contributed by atoms with van der Waals surface area (Å²) in [5, 5.41) is 5.86. The number of nitrogens with two attached hydrogens (primary N) is 1. The van der Waals surface area contributed by atoms with Crippen LogP contribution in [0.5, 0.6) is 0 Å². The van der Waals surface area contributed by atoms with Crippen molar-refractivity contribution in [1.82, 2.24) is 0 Å². The fourth-order valence-electron chi connectivity index (χ4n) is 0. The second kappa shape index (κ2) is 4.47. The third kappa shape index (κ3) is 95.8. The van der Waals surface area contributed by atoms with Crippen LogP contribution in [0.3, 0.4) is 0 Å². The Kier molecular flexibility index (Phi) is 4.08. The van der Waals surface area contributed by atoms with Crippen molar-refractivity contribution in [2.24, 2.45) is 5.73 Å². The normalized spacial score (nSPS) is 14.0. The summed E-state index contributed by atoms with van der Waals surface area (Å²) in [7, 11) is 0. The lowest BCUT2D eigenvalue weighted by molar-refractivity contribution is 1.50. The maximum absolute atomic E-state index is 5.86. The quantitative estimate of drug-likeness (QED) is 0.331. The maximum atomic E-state index is 5.86. The summed E-state index contributed by atoms with van der Waals surface area (Å²) in [6.07, 6.45) is 5.25. The molecule has 2 nitrogen and oxygen atoms in total. The fraction of sp³-hybridized carbons (Fsp3) is 0.750. The van der Waals surface area contributed by atoms with E-state index in [1.807, 2.05) is 0 Å². The first kappa shape index (κ1) is 5.47. The molecule has 36 valence electrons. The lowest BCUT2D eigenvalue weighted by Crippen LogP contribution is -1.81. The molecule has 0 unspecified atom stereocenters. The molecule has 0 aromatic heterocycles. The highest BCUT2D eigenvalue weighted by molar-refractivity contribution is 5.46. The van der Waals surface area contributed by atoms with Crippen molar-refractivity contribution in [2.45, 2.75) is 19.3 Å². The molecule has 0 aromatic rings. The standard InChI is InChI=1S/C3H6.CH4N2/c1-2-3-1;2-1-3/h1-3H2;1H,(H3,2,3). The highest BCUT2D eigenvalue weighted by Crippen LogP contribution is 2.14. The molecule has 1 aliphatic rings. The zero-order valence-electron chi connectivity index (χ0n) is 3.78. The van der Waals surface area contributed by atoms with Crippen LogP contribution in [0.2, 0.25) is 0 Å². The van der Waals surface area contributed by atoms with Gasteiger partial charge in [-0.25, -0.2) is 0 Å². The summed E-state index contributed by atoms with van der Waals surface area (Å²) >= 11 is 0. The molecule has 3 N–H and O–H groups in total. The molecule has 0 aromatic carbocycles. The van der Waals surface area contributed by atoms with Crippen LogP contribution in [0.1, 0.15) is 19.3 Å². The molecule has 0 saturated heterocycles. The Morgan fingerprint density at radius 1 is 1.33 bits per heavy atom. The smallest absolute Gasteiger partial charge is 0.0765 e. The van der Waals surface area contributed by atoms with E-state index in [4.69, 9.17) is 5.41 Å². The lowest BCUT2D eigenvalue weighted by atomic mass is 11.0. The lowest BCUT2D eigenvalue weighted by Gasteiger charge is -1.38. The van der Waals surface area contributed by atoms with Crippen LogP contribution in [0.25, 0.3) is 0 Å². The predicted molar refractivity (Wildman–Crippen MR) is 26.8 cm³/mol. The molecule has 0 heterocycles. The van der Waals surface area contributed by atoms with Crippen molar-refractivity contribution in [1.29, 1.82) is 5.41 Å². The minimum Gasteiger partial charge on any atom is -0.390 e. The number of hydrogen-bond acceptors (Lipinski definition) is 1. The van der Waals surface area contributed by atoms with Crippen LogP contribution < -0.4 is 5.73 Å². The first-order chi connectivity index (χ1) is 2.91. The number of nitrogens with one attached hydrogen (secondary N) is 1. The van der Waals surface area contributed by atoms with Gasteiger partial charge in [0.15, 0.2) is 0 Å². The minimum atomic E-state index is 0.750. The molecule has 1 saturated carbocycles. The summed E-state index contributed by atoms with van der Waals surface area (Å²) in [6, 6.07) is 0. The Hall–Kier alpha value is -0.530. The van der Waals surface area contributed by atoms with Crippen LogP contribution in [0.4, 0.5) is 0 Å². The molecule has 0 aliphatic heterocycles. The maximum Gasteiger partial charge on any atom is 0.0765 e. The summed E-state index contributed by atoms with van der Waals surface area (Å²) in [6.45, 7) is 0. The fourth-order valence-corrected chi connectivity index (χ4v) is 0. The van der Waals surface area contributed by atoms with E-state index >= 15 is 0 Å². The predicted octanol–water partition coefficient (Wildman–Crippen LogP) is 0.722. The first-order valence-corrected chi connectivity index (χ1v) is 2.12. The van der Waals surface area contributed by atoms with Gasteiger partial charge in [0.1, 0.15) is 0 Å². The zero-order chi connectivity index (χ0) is 4.83. The summed E-state index contributed by atoms with van der Waals surface area (Å²) < 4.78 is 0. The van der Waals surface area contributed by atoms with Crippen molar-refractivity contribution >= 4 is 6.34 Å². The minimum absolute atomic E-state index is 0.750. The Morgan fingerprint density at radius 2 is 1.50 bits per heavy atom. The summed E-state index contributed by atoms with van der Waals surface area (Å²) in [5.74, 6) is 0. The van der Waals surface area contributed by atoms with Gasteiger partial charge in [-0.2, -0.15) is 0 Å². The Morgan fingerprint density at radius 3 is 1.50 bits per heavy atom. The van der Waals surface area contributed by atoms with E-state index in [1.165, 1.54) is 19.3 Å². The van der Waals surface area contributed by atoms with E-state index in [0.29, 0.717) is 0 Å². The topological polar surface area (TPSA) is 49.9 Å². The molecular weight excluding hydrogens is 76.1 g/mol. The van der Waals surface area contributed by atoms with Crippen LogP contribution >= 0.6 is 0 Å². The van der Waals surface area contributed by atoms with Crippen LogP contribution in [-0.4, -0.2) is 6.34 Å². The van der Waals surface area contributed by atoms with Crippen molar-refractivity contribution in [3.05, 3.63) is 0 Å². The largest absolute Gasteiger partial charge is 0.390 e. The van der Waals surface area contributed by atoms with Crippen LogP contribution in [0.15, 0.2) is 0 Å². The van der Waals surface area contributed by atoms with E-state index in [-0.39, 0.29) is 0 Å². The van der Waals surface area contributed by atoms with Crippen molar-refractivity contribution in [3.8, 4) is 0 Å². The average Bonchev–Trinajstić information content (AvgIpc) is 2.11. The Bertz CT molecular complexity index is 29.8. The third-order valence-corrected chi connectivity index (χ3v) is 0.354. The molecule has 1 aliphatic carbocycles. The van der Waals surface area contributed by atoms with Crippen molar-refractivity contribution < 1.29 is 0 Å². The Labute approximate surface area is 37.9 Å². The molecule has 0 bridgehead atoms. The van der Waals surface area contributed by atoms with Gasteiger partial charge >= 0.3 is 0 Å². The van der Waals surface area contributed by atoms with Gasteiger partial charge in [-0.1, -0.05) is 19.3 Å². The van der Waals surface area contributed by atoms with E-state index < -0.39 is 0 Å². The number of rotatable bonds is 0. The molecule has 0 radical (unpaired) electrons. The highest BCUT2D eigenvalue weighted by Gasteiger charge is 1.95. The van der Waals surface area contributed by atoms with Crippen LogP contribution in [-0.2, 0) is 0 Å². The molecule has 1 rings (SSSR count). The van der Waals surface area contributed by atoms with E-state index in [2.05, 4.69) is 5.73 Å². The molecule has 2 heteroatoms. The van der Waals surface area contributed by atoms with Gasteiger partial charge in [0, 0.05) is 0 Å². The van der Waals surface area contributed by atoms with Crippen molar-refractivity contribution in [2.75, 3.05) is 0 Å². The summed E-state index contributed by atoms with van der Waals surface area (Å²) in [5.41, 5.74) is 4.39. The molecule has 6 heavy (non-hydrogen) atoms. The van der Waals surface area contributed by atoms with Gasteiger partial charge in [-0.3, -0.25) is 5.41 Å². The monoisotopic (exact) mass is 86.1 g/mol. The van der Waals surface area contributed by atoms with Gasteiger partial charge in [0.25, 0.3) is 0 Å². The van der Waals surface area contributed by atoms with Gasteiger partial charge in [-0.05, 0) is 0 Å². The van der Waals surface area contributed by atoms with E-state index in [9.17, 15) is 0 Å². The summed E-state index contributed by atoms with van der Waals surface area (Å²) in [4.78, 5) is 0. The highest BCUT2D eigenvalue weighted by atomic mass is 14.6. The average molecular weight is 86.1 g/mol. The molecule has 0 atom stereocenters. The molecule has 0 amide bonds. The van der Waals surface area contributed by atoms with Crippen molar-refractivity contribution in [3.63, 3.8) is 0 Å². The van der Waals surface area contributed by atoms with E-state index in [0.717, 1.165) is 6.34 Å². The van der Waals surface area contributed by atoms with Gasteiger partial charge in [-0.15, -0.1) is 0 Å². The second-order valence-electron chi connectivity index (χ2n) is 1.23. The molecule has 1 fully saturated rings. The van der Waals surface area contributed by atoms with Gasteiger partial charge in [0.05, 0.1) is 6.34 Å². The first-order valence-electron chi connectivity index (χ1n) is 2.12. The second-order valence-corrected chi connectivity index (χ2v) is 1.23. The SMILES string of the molecule is C1CC1.N=CN. The van der Waals surface area contributed by atoms with Gasteiger partial charge < -0.3 is 5.73 Å². The third-order valence-electron chi connectivity index (χ3n) is 0.354. The Balaban J connectivity index is 0.0000000833. The van der Waals surface area contributed by atoms with E-state index in [1.54, 1.807) is 0 Å². The molecular formula is C4H10N2.